The van der Waals surface area contributed by atoms with Gasteiger partial charge in [0.15, 0.2) is 22.4 Å². The molecule has 0 radical (unpaired) electrons. The SMILES string of the molecule is CC(C)CCCNC(=O)c1ccc(N2CCN(C(=O)c3ccccc3C(F)(F)F)CC2)nn1.O=C(O)c1ccc(Cl)nn1. The van der Waals surface area contributed by atoms with Crippen LogP contribution in [0.1, 0.15) is 63.6 Å². The second-order valence-electron chi connectivity index (χ2n) is 9.94. The first-order chi connectivity index (χ1) is 20.4. The number of amides is 2. The van der Waals surface area contributed by atoms with Crippen molar-refractivity contribution in [2.45, 2.75) is 32.9 Å². The zero-order valence-corrected chi connectivity index (χ0v) is 24.3. The van der Waals surface area contributed by atoms with Gasteiger partial charge in [-0.25, -0.2) is 4.79 Å². The average Bonchev–Trinajstić information content (AvgIpc) is 2.99. The number of piperazine rings is 1. The lowest BCUT2D eigenvalue weighted by Crippen LogP contribution is -2.49. The molecule has 1 aliphatic rings. The van der Waals surface area contributed by atoms with Crippen molar-refractivity contribution in [1.82, 2.24) is 30.6 Å². The van der Waals surface area contributed by atoms with E-state index < -0.39 is 23.6 Å². The molecule has 1 aromatic carbocycles. The molecule has 0 bridgehead atoms. The highest BCUT2D eigenvalue weighted by molar-refractivity contribution is 6.29. The van der Waals surface area contributed by atoms with Crippen molar-refractivity contribution >= 4 is 35.2 Å². The molecule has 0 saturated carbocycles. The normalized spacial score (nSPS) is 13.3. The molecule has 2 N–H and O–H groups in total. The smallest absolute Gasteiger partial charge is 0.417 e. The number of alkyl halides is 3. The Morgan fingerprint density at radius 1 is 0.930 bits per heavy atom. The zero-order valence-electron chi connectivity index (χ0n) is 23.5. The fourth-order valence-electron chi connectivity index (χ4n) is 4.07. The molecule has 0 spiro atoms. The molecular formula is C28H31ClF3N7O4. The number of rotatable bonds is 8. The molecule has 3 aromatic rings. The Labute approximate surface area is 251 Å². The predicted octanol–water partition coefficient (Wildman–Crippen LogP) is 4.45. The molecule has 0 unspecified atom stereocenters. The number of anilines is 1. The molecule has 11 nitrogen and oxygen atoms in total. The van der Waals surface area contributed by atoms with Crippen molar-refractivity contribution in [2.24, 2.45) is 5.92 Å². The van der Waals surface area contributed by atoms with Crippen LogP contribution in [0.4, 0.5) is 19.0 Å². The quantitative estimate of drug-likeness (QED) is 0.349. The summed E-state index contributed by atoms with van der Waals surface area (Å²) in [6.07, 6.45) is -2.67. The zero-order chi connectivity index (χ0) is 31.6. The number of carboxylic acids is 1. The number of hydrogen-bond donors (Lipinski definition) is 2. The van der Waals surface area contributed by atoms with E-state index in [2.05, 4.69) is 39.6 Å². The van der Waals surface area contributed by atoms with E-state index in [1.807, 2.05) is 4.90 Å². The van der Waals surface area contributed by atoms with Gasteiger partial charge in [0.25, 0.3) is 11.8 Å². The predicted molar refractivity (Wildman–Crippen MR) is 152 cm³/mol. The summed E-state index contributed by atoms with van der Waals surface area (Å²) in [7, 11) is 0. The fourth-order valence-corrected chi connectivity index (χ4v) is 4.17. The van der Waals surface area contributed by atoms with Crippen molar-refractivity contribution in [3.05, 3.63) is 76.2 Å². The van der Waals surface area contributed by atoms with Gasteiger partial charge in [-0.05, 0) is 55.2 Å². The van der Waals surface area contributed by atoms with Gasteiger partial charge in [-0.1, -0.05) is 37.6 Å². The lowest BCUT2D eigenvalue weighted by Gasteiger charge is -2.35. The largest absolute Gasteiger partial charge is 0.476 e. The summed E-state index contributed by atoms with van der Waals surface area (Å²) in [6.45, 7) is 6.14. The van der Waals surface area contributed by atoms with Gasteiger partial charge in [0, 0.05) is 32.7 Å². The molecule has 1 aliphatic heterocycles. The highest BCUT2D eigenvalue weighted by atomic mass is 35.5. The minimum atomic E-state index is -4.59. The fraction of sp³-hybridized carbons (Fsp3) is 0.393. The summed E-state index contributed by atoms with van der Waals surface area (Å²) in [5.74, 6) is -0.899. The van der Waals surface area contributed by atoms with E-state index in [4.69, 9.17) is 16.7 Å². The van der Waals surface area contributed by atoms with Crippen molar-refractivity contribution in [3.8, 4) is 0 Å². The maximum atomic E-state index is 13.2. The van der Waals surface area contributed by atoms with Gasteiger partial charge >= 0.3 is 12.1 Å². The Hall–Kier alpha value is -4.33. The number of halogens is 4. The highest BCUT2D eigenvalue weighted by Crippen LogP contribution is 2.32. The summed E-state index contributed by atoms with van der Waals surface area (Å²) < 4.78 is 39.7. The monoisotopic (exact) mass is 621 g/mol. The third-order valence-corrected chi connectivity index (χ3v) is 6.53. The first-order valence-electron chi connectivity index (χ1n) is 13.4. The summed E-state index contributed by atoms with van der Waals surface area (Å²) >= 11 is 5.35. The van der Waals surface area contributed by atoms with E-state index in [9.17, 15) is 27.6 Å². The maximum Gasteiger partial charge on any atom is 0.417 e. The van der Waals surface area contributed by atoms with Crippen LogP contribution < -0.4 is 10.2 Å². The number of carboxylic acid groups (broad SMARTS) is 1. The molecular weight excluding hydrogens is 591 g/mol. The van der Waals surface area contributed by atoms with Crippen LogP contribution in [0.15, 0.2) is 48.5 Å². The second kappa shape index (κ2) is 15.2. The van der Waals surface area contributed by atoms with E-state index in [0.29, 0.717) is 31.4 Å². The number of hydrogen-bond acceptors (Lipinski definition) is 8. The third-order valence-electron chi connectivity index (χ3n) is 6.33. The van der Waals surface area contributed by atoms with Crippen molar-refractivity contribution in [2.75, 3.05) is 37.6 Å². The molecule has 230 valence electrons. The summed E-state index contributed by atoms with van der Waals surface area (Å²) in [5.41, 5.74) is -1.16. The first kappa shape index (κ1) is 33.2. The number of aromatic carboxylic acids is 1. The van der Waals surface area contributed by atoms with Crippen molar-refractivity contribution in [3.63, 3.8) is 0 Å². The number of benzene rings is 1. The van der Waals surface area contributed by atoms with Crippen LogP contribution in [0.2, 0.25) is 5.15 Å². The molecule has 2 aromatic heterocycles. The van der Waals surface area contributed by atoms with E-state index in [1.165, 1.54) is 35.2 Å². The average molecular weight is 622 g/mol. The van der Waals surface area contributed by atoms with Crippen LogP contribution in [0.5, 0.6) is 0 Å². The molecule has 43 heavy (non-hydrogen) atoms. The van der Waals surface area contributed by atoms with Gasteiger partial charge in [0.1, 0.15) is 0 Å². The Balaban J connectivity index is 0.000000428. The van der Waals surface area contributed by atoms with Crippen LogP contribution in [-0.4, -0.2) is 80.9 Å². The summed E-state index contributed by atoms with van der Waals surface area (Å²) in [5, 5.41) is 26.1. The van der Waals surface area contributed by atoms with E-state index in [-0.39, 0.29) is 41.1 Å². The van der Waals surface area contributed by atoms with E-state index in [0.717, 1.165) is 18.9 Å². The number of nitrogens with zero attached hydrogens (tertiary/aromatic N) is 6. The minimum absolute atomic E-state index is 0.107. The van der Waals surface area contributed by atoms with Gasteiger partial charge in [-0.15, -0.1) is 20.4 Å². The molecule has 4 rings (SSSR count). The molecule has 0 aliphatic carbocycles. The number of aromatic nitrogens is 4. The van der Waals surface area contributed by atoms with Crippen molar-refractivity contribution in [1.29, 1.82) is 0 Å². The molecule has 2 amide bonds. The van der Waals surface area contributed by atoms with Gasteiger partial charge < -0.3 is 20.2 Å². The van der Waals surface area contributed by atoms with Gasteiger partial charge in [-0.3, -0.25) is 9.59 Å². The highest BCUT2D eigenvalue weighted by Gasteiger charge is 2.36. The molecule has 15 heteroatoms. The van der Waals surface area contributed by atoms with Crippen LogP contribution in [0, 0.1) is 5.92 Å². The summed E-state index contributed by atoms with van der Waals surface area (Å²) in [4.78, 5) is 38.3. The Morgan fingerprint density at radius 3 is 2.14 bits per heavy atom. The minimum Gasteiger partial charge on any atom is -0.476 e. The second-order valence-corrected chi connectivity index (χ2v) is 10.3. The van der Waals surface area contributed by atoms with E-state index in [1.54, 1.807) is 12.1 Å². The Bertz CT molecular complexity index is 1380. The Kier molecular flexibility index (Phi) is 11.8. The topological polar surface area (TPSA) is 142 Å². The number of carbonyl (C=O) groups excluding carboxylic acids is 2. The van der Waals surface area contributed by atoms with Crippen LogP contribution in [-0.2, 0) is 6.18 Å². The number of carbonyl (C=O) groups is 3. The third kappa shape index (κ3) is 9.87. The summed E-state index contributed by atoms with van der Waals surface area (Å²) in [6, 6.07) is 10.8. The first-order valence-corrected chi connectivity index (χ1v) is 13.8. The lowest BCUT2D eigenvalue weighted by molar-refractivity contribution is -0.138. The van der Waals surface area contributed by atoms with Gasteiger partial charge in [0.2, 0.25) is 0 Å². The van der Waals surface area contributed by atoms with Crippen LogP contribution in [0.3, 0.4) is 0 Å². The standard InChI is InChI=1S/C23H28F3N5O2.C5H3ClN2O2/c1-16(2)6-5-11-27-21(32)19-9-10-20(29-28-19)30-12-14-31(15-13-30)22(33)17-7-3-4-8-18(17)23(24,25)26;6-4-2-1-3(5(9)10)7-8-4/h3-4,7-10,16H,5-6,11-15H2,1-2H3,(H,27,32);1-2H,(H,9,10). The van der Waals surface area contributed by atoms with Crippen LogP contribution >= 0.6 is 11.6 Å². The van der Waals surface area contributed by atoms with Gasteiger partial charge in [0.05, 0.1) is 11.1 Å². The lowest BCUT2D eigenvalue weighted by atomic mass is 10.1. The number of nitrogens with one attached hydrogen (secondary N) is 1. The van der Waals surface area contributed by atoms with E-state index >= 15 is 0 Å². The maximum absolute atomic E-state index is 13.2. The Morgan fingerprint density at radius 2 is 1.58 bits per heavy atom. The van der Waals surface area contributed by atoms with Crippen LogP contribution in [0.25, 0.3) is 0 Å². The molecule has 1 fully saturated rings. The molecule has 3 heterocycles. The van der Waals surface area contributed by atoms with Gasteiger partial charge in [-0.2, -0.15) is 13.2 Å². The molecule has 0 atom stereocenters. The molecule has 1 saturated heterocycles. The van der Waals surface area contributed by atoms with Crippen molar-refractivity contribution < 1.29 is 32.7 Å².